The molecule has 9 heteroatoms. The highest BCUT2D eigenvalue weighted by atomic mass is 16.9. The number of ether oxygens (including phenoxy) is 3. The largest absolute Gasteiger partial charge is 0.458 e. The highest BCUT2D eigenvalue weighted by molar-refractivity contribution is 5.67. The van der Waals surface area contributed by atoms with Crippen LogP contribution in [0.25, 0.3) is 0 Å². The molecule has 1 fully saturated rings. The van der Waals surface area contributed by atoms with E-state index in [4.69, 9.17) is 23.9 Å². The summed E-state index contributed by atoms with van der Waals surface area (Å²) in [6.45, 7) is 7.47. The van der Waals surface area contributed by atoms with E-state index in [1.54, 1.807) is 0 Å². The van der Waals surface area contributed by atoms with Gasteiger partial charge in [-0.05, 0) is 20.3 Å². The van der Waals surface area contributed by atoms with Crippen molar-refractivity contribution in [2.24, 2.45) is 0 Å². The maximum Gasteiger partial charge on any atom is 0.303 e. The van der Waals surface area contributed by atoms with Crippen molar-refractivity contribution in [1.82, 2.24) is 5.23 Å². The maximum absolute atomic E-state index is 11.3. The molecule has 24 heavy (non-hydrogen) atoms. The molecular formula is C15H27NO8. The Morgan fingerprint density at radius 2 is 1.71 bits per heavy atom. The number of hydroxylamine groups is 2. The van der Waals surface area contributed by atoms with Gasteiger partial charge in [-0.15, -0.1) is 0 Å². The fraction of sp³-hybridized carbons (Fsp3) is 0.867. The first-order chi connectivity index (χ1) is 11.4. The lowest BCUT2D eigenvalue weighted by molar-refractivity contribution is -0.367. The molecule has 0 saturated carbocycles. The first kappa shape index (κ1) is 20.8. The van der Waals surface area contributed by atoms with Crippen LogP contribution in [0.4, 0.5) is 0 Å². The first-order valence-electron chi connectivity index (χ1n) is 8.08. The highest BCUT2D eigenvalue weighted by Gasteiger charge is 2.42. The SMILES string of the molecule is CCON(CC[C@@H]1CC(OC(C)=O)C(OC(C)=O)C(O)O1)OCC. The molecule has 0 aromatic carbocycles. The van der Waals surface area contributed by atoms with Gasteiger partial charge in [0, 0.05) is 20.3 Å². The van der Waals surface area contributed by atoms with Gasteiger partial charge in [-0.25, -0.2) is 0 Å². The number of hydrogen-bond acceptors (Lipinski definition) is 9. The molecule has 0 bridgehead atoms. The predicted octanol–water partition coefficient (Wildman–Crippen LogP) is 0.552. The van der Waals surface area contributed by atoms with Crippen molar-refractivity contribution in [2.75, 3.05) is 19.8 Å². The monoisotopic (exact) mass is 349 g/mol. The number of carbonyl (C=O) groups is 2. The van der Waals surface area contributed by atoms with Gasteiger partial charge in [-0.1, -0.05) is 5.23 Å². The third-order valence-corrected chi connectivity index (χ3v) is 3.27. The maximum atomic E-state index is 11.3. The summed E-state index contributed by atoms with van der Waals surface area (Å²) in [5.41, 5.74) is 0. The Bertz CT molecular complexity index is 399. The third-order valence-electron chi connectivity index (χ3n) is 3.27. The van der Waals surface area contributed by atoms with E-state index in [-0.39, 0.29) is 0 Å². The second kappa shape index (κ2) is 10.6. The molecule has 0 aromatic rings. The van der Waals surface area contributed by atoms with E-state index in [2.05, 4.69) is 0 Å². The van der Waals surface area contributed by atoms with Gasteiger partial charge in [0.1, 0.15) is 6.10 Å². The van der Waals surface area contributed by atoms with Crippen LogP contribution in [-0.4, -0.2) is 66.6 Å². The average Bonchev–Trinajstić information content (AvgIpc) is 2.48. The molecule has 0 amide bonds. The standard InChI is InChI=1S/C15H27NO8/c1-5-20-16(21-6-2)8-7-12-9-13(22-10(3)17)14(15(19)24-12)23-11(4)18/h12-15,19H,5-9H2,1-4H3/t12-,13?,14?,15?/m1/s1. The van der Waals surface area contributed by atoms with Gasteiger partial charge in [-0.3, -0.25) is 19.3 Å². The van der Waals surface area contributed by atoms with E-state index in [1.807, 2.05) is 13.8 Å². The predicted molar refractivity (Wildman–Crippen MR) is 81.2 cm³/mol. The zero-order valence-corrected chi connectivity index (χ0v) is 14.6. The molecule has 0 aromatic heterocycles. The van der Waals surface area contributed by atoms with Gasteiger partial charge >= 0.3 is 11.9 Å². The lowest BCUT2D eigenvalue weighted by Crippen LogP contribution is -2.52. The summed E-state index contributed by atoms with van der Waals surface area (Å²) in [6.07, 6.45) is -2.82. The van der Waals surface area contributed by atoms with Crippen molar-refractivity contribution in [1.29, 1.82) is 0 Å². The van der Waals surface area contributed by atoms with Gasteiger partial charge < -0.3 is 19.3 Å². The molecule has 9 nitrogen and oxygen atoms in total. The highest BCUT2D eigenvalue weighted by Crippen LogP contribution is 2.26. The van der Waals surface area contributed by atoms with Gasteiger partial charge in [0.15, 0.2) is 12.4 Å². The topological polar surface area (TPSA) is 104 Å². The number of rotatable bonds is 9. The molecule has 1 N–H and O–H groups in total. The summed E-state index contributed by atoms with van der Waals surface area (Å²) in [5.74, 6) is -1.10. The molecule has 1 heterocycles. The van der Waals surface area contributed by atoms with Gasteiger partial charge in [0.25, 0.3) is 0 Å². The quantitative estimate of drug-likeness (QED) is 0.472. The van der Waals surface area contributed by atoms with Crippen molar-refractivity contribution in [3.8, 4) is 0 Å². The van der Waals surface area contributed by atoms with E-state index in [0.29, 0.717) is 32.6 Å². The summed E-state index contributed by atoms with van der Waals surface area (Å²) >= 11 is 0. The number of aliphatic hydroxyl groups excluding tert-OH is 1. The molecule has 1 aliphatic rings. The molecule has 0 spiro atoms. The van der Waals surface area contributed by atoms with Crippen LogP contribution in [0, 0.1) is 0 Å². The Morgan fingerprint density at radius 3 is 2.21 bits per heavy atom. The molecular weight excluding hydrogens is 322 g/mol. The molecule has 140 valence electrons. The number of carbonyl (C=O) groups excluding carboxylic acids is 2. The minimum atomic E-state index is -1.37. The normalized spacial score (nSPS) is 27.1. The summed E-state index contributed by atoms with van der Waals surface area (Å²) < 4.78 is 15.7. The molecule has 1 rings (SSSR count). The summed E-state index contributed by atoms with van der Waals surface area (Å²) in [5, 5.41) is 11.4. The Morgan fingerprint density at radius 1 is 1.12 bits per heavy atom. The van der Waals surface area contributed by atoms with E-state index >= 15 is 0 Å². The molecule has 3 unspecified atom stereocenters. The number of nitrogens with zero attached hydrogens (tertiary/aromatic N) is 1. The number of aliphatic hydroxyl groups is 1. The molecule has 1 aliphatic heterocycles. The van der Waals surface area contributed by atoms with Gasteiger partial charge in [0.05, 0.1) is 25.9 Å². The Labute approximate surface area is 141 Å². The summed E-state index contributed by atoms with van der Waals surface area (Å²) in [4.78, 5) is 33.0. The van der Waals surface area contributed by atoms with Crippen molar-refractivity contribution < 1.29 is 38.6 Å². The van der Waals surface area contributed by atoms with Crippen molar-refractivity contribution in [2.45, 2.75) is 65.1 Å². The smallest absolute Gasteiger partial charge is 0.303 e. The lowest BCUT2D eigenvalue weighted by atomic mass is 10.00. The minimum absolute atomic E-state index is 0.292. The lowest BCUT2D eigenvalue weighted by Gasteiger charge is -2.38. The van der Waals surface area contributed by atoms with E-state index < -0.39 is 36.5 Å². The fourth-order valence-electron chi connectivity index (χ4n) is 2.45. The van der Waals surface area contributed by atoms with Crippen LogP contribution in [0.15, 0.2) is 0 Å². The zero-order chi connectivity index (χ0) is 18.1. The van der Waals surface area contributed by atoms with Crippen LogP contribution in [0.1, 0.15) is 40.5 Å². The van der Waals surface area contributed by atoms with Crippen LogP contribution >= 0.6 is 0 Å². The second-order valence-electron chi connectivity index (χ2n) is 5.29. The third kappa shape index (κ3) is 7.10. The molecule has 1 saturated heterocycles. The minimum Gasteiger partial charge on any atom is -0.458 e. The molecule has 0 radical (unpaired) electrons. The van der Waals surface area contributed by atoms with Crippen LogP contribution in [0.2, 0.25) is 0 Å². The summed E-state index contributed by atoms with van der Waals surface area (Å²) in [6, 6.07) is 0. The van der Waals surface area contributed by atoms with E-state index in [0.717, 1.165) is 0 Å². The Kier molecular flexibility index (Phi) is 9.16. The summed E-state index contributed by atoms with van der Waals surface area (Å²) in [7, 11) is 0. The van der Waals surface area contributed by atoms with Crippen molar-refractivity contribution >= 4 is 11.9 Å². The zero-order valence-electron chi connectivity index (χ0n) is 14.6. The van der Waals surface area contributed by atoms with Crippen LogP contribution in [0.3, 0.4) is 0 Å². The van der Waals surface area contributed by atoms with E-state index in [9.17, 15) is 14.7 Å². The average molecular weight is 349 g/mol. The van der Waals surface area contributed by atoms with Crippen LogP contribution in [-0.2, 0) is 33.5 Å². The van der Waals surface area contributed by atoms with Crippen molar-refractivity contribution in [3.05, 3.63) is 0 Å². The van der Waals surface area contributed by atoms with Crippen molar-refractivity contribution in [3.63, 3.8) is 0 Å². The molecule has 4 atom stereocenters. The van der Waals surface area contributed by atoms with Gasteiger partial charge in [-0.2, -0.15) is 0 Å². The number of esters is 2. The van der Waals surface area contributed by atoms with Crippen LogP contribution in [0.5, 0.6) is 0 Å². The number of hydrogen-bond donors (Lipinski definition) is 1. The second-order valence-corrected chi connectivity index (χ2v) is 5.29. The van der Waals surface area contributed by atoms with E-state index in [1.165, 1.54) is 19.1 Å². The molecule has 0 aliphatic carbocycles. The Balaban J connectivity index is 2.64. The van der Waals surface area contributed by atoms with Gasteiger partial charge in [0.2, 0.25) is 0 Å². The Hall–Kier alpha value is -1.26. The van der Waals surface area contributed by atoms with Crippen LogP contribution < -0.4 is 0 Å². The first-order valence-corrected chi connectivity index (χ1v) is 8.08. The fourth-order valence-corrected chi connectivity index (χ4v) is 2.45.